The van der Waals surface area contributed by atoms with Gasteiger partial charge < -0.3 is 5.32 Å². The number of hydrogen-bond acceptors (Lipinski definition) is 5. The first kappa shape index (κ1) is 16.6. The van der Waals surface area contributed by atoms with Crippen molar-refractivity contribution in [1.29, 1.82) is 0 Å². The number of aromatic nitrogens is 4. The lowest BCUT2D eigenvalue weighted by Gasteiger charge is -2.26. The van der Waals surface area contributed by atoms with E-state index >= 15 is 0 Å². The minimum Gasteiger partial charge on any atom is -0.335 e. The minimum atomic E-state index is -0.409. The molecule has 0 spiro atoms. The number of imide groups is 1. The van der Waals surface area contributed by atoms with Crippen molar-refractivity contribution >= 4 is 11.9 Å². The number of carbonyl (C=O) groups is 2. The molecule has 23 heavy (non-hydrogen) atoms. The second-order valence-electron chi connectivity index (χ2n) is 5.68. The van der Waals surface area contributed by atoms with Gasteiger partial charge in [-0.25, -0.2) is 9.48 Å². The Hall–Kier alpha value is -2.77. The van der Waals surface area contributed by atoms with E-state index < -0.39 is 6.03 Å². The summed E-state index contributed by atoms with van der Waals surface area (Å²) in [7, 11) is 0. The highest BCUT2D eigenvalue weighted by molar-refractivity contribution is 6.04. The molecule has 0 aliphatic heterocycles. The van der Waals surface area contributed by atoms with Gasteiger partial charge in [-0.15, -0.1) is 5.10 Å². The minimum absolute atomic E-state index is 0.0518. The molecule has 0 radical (unpaired) electrons. The Labute approximate surface area is 134 Å². The molecular formula is C15H20N6O2. The van der Waals surface area contributed by atoms with Crippen LogP contribution in [0, 0.1) is 0 Å². The lowest BCUT2D eigenvalue weighted by Crippen LogP contribution is -2.49. The second kappa shape index (κ2) is 6.99. The van der Waals surface area contributed by atoms with Crippen molar-refractivity contribution < 1.29 is 9.59 Å². The number of urea groups is 1. The molecule has 1 aromatic carbocycles. The maximum Gasteiger partial charge on any atom is 0.324 e. The lowest BCUT2D eigenvalue weighted by atomic mass is 10.1. The molecule has 0 unspecified atom stereocenters. The molecule has 0 aliphatic rings. The van der Waals surface area contributed by atoms with E-state index in [9.17, 15) is 9.59 Å². The van der Waals surface area contributed by atoms with Gasteiger partial charge in [-0.1, -0.05) is 6.07 Å². The Morgan fingerprint density at radius 2 is 1.96 bits per heavy atom. The molecule has 1 heterocycles. The Morgan fingerprint density at radius 1 is 1.22 bits per heavy atom. The summed E-state index contributed by atoms with van der Waals surface area (Å²) >= 11 is 0. The van der Waals surface area contributed by atoms with Crippen LogP contribution in [0.3, 0.4) is 0 Å². The monoisotopic (exact) mass is 316 g/mol. The molecule has 0 saturated carbocycles. The molecule has 0 fully saturated rings. The number of rotatable bonds is 4. The molecule has 8 heteroatoms. The summed E-state index contributed by atoms with van der Waals surface area (Å²) in [5, 5.41) is 13.7. The molecule has 0 bridgehead atoms. The van der Waals surface area contributed by atoms with Gasteiger partial charge in [-0.05, 0) is 56.3 Å². The molecule has 0 aliphatic carbocycles. The van der Waals surface area contributed by atoms with Crippen LogP contribution in [0.1, 0.15) is 38.1 Å². The summed E-state index contributed by atoms with van der Waals surface area (Å²) in [5.74, 6) is -0.368. The number of tetrazole rings is 1. The molecule has 1 N–H and O–H groups in total. The Balaban J connectivity index is 2.30. The predicted molar refractivity (Wildman–Crippen MR) is 84.1 cm³/mol. The van der Waals surface area contributed by atoms with Gasteiger partial charge in [-0.3, -0.25) is 9.69 Å². The van der Waals surface area contributed by atoms with Gasteiger partial charge in [0.1, 0.15) is 6.33 Å². The van der Waals surface area contributed by atoms with Crippen LogP contribution in [0.15, 0.2) is 30.6 Å². The number of nitrogens with zero attached hydrogens (tertiary/aromatic N) is 5. The number of amides is 3. The third-order valence-corrected chi connectivity index (χ3v) is 3.07. The fourth-order valence-electron chi connectivity index (χ4n) is 2.08. The van der Waals surface area contributed by atoms with Crippen LogP contribution in [0.25, 0.3) is 5.69 Å². The third kappa shape index (κ3) is 3.91. The highest BCUT2D eigenvalue weighted by Gasteiger charge is 2.26. The molecular weight excluding hydrogens is 296 g/mol. The number of benzene rings is 1. The van der Waals surface area contributed by atoms with Gasteiger partial charge >= 0.3 is 6.03 Å². The topological polar surface area (TPSA) is 93.0 Å². The summed E-state index contributed by atoms with van der Waals surface area (Å²) in [4.78, 5) is 26.2. The summed E-state index contributed by atoms with van der Waals surface area (Å²) in [6.45, 7) is 7.28. The van der Waals surface area contributed by atoms with Gasteiger partial charge in [0.15, 0.2) is 0 Å². The van der Waals surface area contributed by atoms with Gasteiger partial charge in [0, 0.05) is 17.6 Å². The predicted octanol–water partition coefficient (Wildman–Crippen LogP) is 1.63. The number of carbonyl (C=O) groups excluding carboxylic acids is 2. The first-order chi connectivity index (χ1) is 10.9. The smallest absolute Gasteiger partial charge is 0.324 e. The zero-order chi connectivity index (χ0) is 17.0. The van der Waals surface area contributed by atoms with Crippen molar-refractivity contribution in [3.8, 4) is 5.69 Å². The maximum absolute atomic E-state index is 12.7. The van der Waals surface area contributed by atoms with Crippen molar-refractivity contribution in [2.24, 2.45) is 0 Å². The first-order valence-electron chi connectivity index (χ1n) is 7.37. The third-order valence-electron chi connectivity index (χ3n) is 3.07. The van der Waals surface area contributed by atoms with Crippen LogP contribution in [0.4, 0.5) is 4.79 Å². The van der Waals surface area contributed by atoms with Crippen molar-refractivity contribution in [1.82, 2.24) is 30.4 Å². The van der Waals surface area contributed by atoms with E-state index in [1.807, 2.05) is 13.8 Å². The van der Waals surface area contributed by atoms with Crippen LogP contribution in [-0.4, -0.2) is 49.1 Å². The van der Waals surface area contributed by atoms with Crippen LogP contribution in [0.2, 0.25) is 0 Å². The van der Waals surface area contributed by atoms with Crippen LogP contribution in [-0.2, 0) is 0 Å². The van der Waals surface area contributed by atoms with Gasteiger partial charge in [0.2, 0.25) is 0 Å². The lowest BCUT2D eigenvalue weighted by molar-refractivity contribution is 0.0760. The summed E-state index contributed by atoms with van der Waals surface area (Å²) in [5.41, 5.74) is 1.04. The van der Waals surface area contributed by atoms with Crippen molar-refractivity contribution in [2.45, 2.75) is 39.8 Å². The quantitative estimate of drug-likeness (QED) is 0.925. The van der Waals surface area contributed by atoms with Gasteiger partial charge in [0.05, 0.1) is 5.69 Å². The fourth-order valence-corrected chi connectivity index (χ4v) is 2.08. The molecule has 8 nitrogen and oxygen atoms in total. The van der Waals surface area contributed by atoms with Crippen molar-refractivity contribution in [3.05, 3.63) is 36.2 Å². The fraction of sp³-hybridized carbons (Fsp3) is 0.400. The largest absolute Gasteiger partial charge is 0.335 e. The molecule has 0 saturated heterocycles. The van der Waals surface area contributed by atoms with E-state index in [1.165, 1.54) is 15.9 Å². The zero-order valence-electron chi connectivity index (χ0n) is 13.6. The van der Waals surface area contributed by atoms with E-state index in [-0.39, 0.29) is 18.0 Å². The molecule has 2 rings (SSSR count). The standard InChI is InChI=1S/C15H20N6O2/c1-10(2)17-15(23)21(11(3)4)14(22)12-6-5-7-13(8-12)20-9-16-18-19-20/h5-11H,1-4H3,(H,17,23). The van der Waals surface area contributed by atoms with Crippen LogP contribution >= 0.6 is 0 Å². The average molecular weight is 316 g/mol. The summed E-state index contributed by atoms with van der Waals surface area (Å²) in [6, 6.07) is 6.09. The summed E-state index contributed by atoms with van der Waals surface area (Å²) < 4.78 is 1.45. The van der Waals surface area contributed by atoms with E-state index in [0.717, 1.165) is 0 Å². The molecule has 0 atom stereocenters. The Bertz CT molecular complexity index is 681. The molecule has 2 aromatic rings. The highest BCUT2D eigenvalue weighted by Crippen LogP contribution is 2.13. The number of nitrogens with one attached hydrogen (secondary N) is 1. The molecule has 1 aromatic heterocycles. The van der Waals surface area contributed by atoms with E-state index in [0.29, 0.717) is 11.3 Å². The first-order valence-corrected chi connectivity index (χ1v) is 7.37. The summed E-state index contributed by atoms with van der Waals surface area (Å²) in [6.07, 6.45) is 1.44. The van der Waals surface area contributed by atoms with Gasteiger partial charge in [0.25, 0.3) is 5.91 Å². The number of hydrogen-bond donors (Lipinski definition) is 1. The zero-order valence-corrected chi connectivity index (χ0v) is 13.6. The SMILES string of the molecule is CC(C)NC(=O)N(C(=O)c1cccc(-n2cnnn2)c1)C(C)C. The van der Waals surface area contributed by atoms with Crippen LogP contribution < -0.4 is 5.32 Å². The van der Waals surface area contributed by atoms with E-state index in [1.54, 1.807) is 38.1 Å². The maximum atomic E-state index is 12.7. The van der Waals surface area contributed by atoms with E-state index in [4.69, 9.17) is 0 Å². The second-order valence-corrected chi connectivity index (χ2v) is 5.68. The van der Waals surface area contributed by atoms with Crippen molar-refractivity contribution in [2.75, 3.05) is 0 Å². The highest BCUT2D eigenvalue weighted by atomic mass is 16.2. The average Bonchev–Trinajstić information content (AvgIpc) is 3.00. The Morgan fingerprint density at radius 3 is 2.52 bits per heavy atom. The van der Waals surface area contributed by atoms with Crippen molar-refractivity contribution in [3.63, 3.8) is 0 Å². The molecule has 3 amide bonds. The van der Waals surface area contributed by atoms with Gasteiger partial charge in [-0.2, -0.15) is 0 Å². The van der Waals surface area contributed by atoms with Crippen LogP contribution in [0.5, 0.6) is 0 Å². The molecule has 122 valence electrons. The Kier molecular flexibility index (Phi) is 5.05. The van der Waals surface area contributed by atoms with E-state index in [2.05, 4.69) is 20.8 Å². The normalized spacial score (nSPS) is 10.9.